The molecular formula is C15H17BrN2. The summed E-state index contributed by atoms with van der Waals surface area (Å²) >= 11 is 3.55. The van der Waals surface area contributed by atoms with Crippen molar-refractivity contribution in [2.24, 2.45) is 0 Å². The van der Waals surface area contributed by atoms with Crippen molar-refractivity contribution in [1.82, 2.24) is 0 Å². The van der Waals surface area contributed by atoms with Crippen LogP contribution in [0.2, 0.25) is 0 Å². The highest BCUT2D eigenvalue weighted by molar-refractivity contribution is 9.10. The summed E-state index contributed by atoms with van der Waals surface area (Å²) in [6, 6.07) is 14.7. The lowest BCUT2D eigenvalue weighted by molar-refractivity contribution is 1.15. The third-order valence-electron chi connectivity index (χ3n) is 2.88. The van der Waals surface area contributed by atoms with Crippen LogP contribution in [0.5, 0.6) is 0 Å². The number of hydrogen-bond donors (Lipinski definition) is 2. The zero-order valence-corrected chi connectivity index (χ0v) is 12.2. The summed E-state index contributed by atoms with van der Waals surface area (Å²) in [5, 5.41) is 6.57. The van der Waals surface area contributed by atoms with Crippen LogP contribution >= 0.6 is 15.9 Å². The van der Waals surface area contributed by atoms with E-state index >= 15 is 0 Å². The maximum Gasteiger partial charge on any atom is 0.0401 e. The number of halogens is 1. The molecule has 2 N–H and O–H groups in total. The summed E-state index contributed by atoms with van der Waals surface area (Å²) in [7, 11) is 1.93. The van der Waals surface area contributed by atoms with Crippen LogP contribution in [0.1, 0.15) is 11.1 Å². The molecule has 0 spiro atoms. The van der Waals surface area contributed by atoms with E-state index in [2.05, 4.69) is 76.0 Å². The maximum atomic E-state index is 3.55. The fourth-order valence-electron chi connectivity index (χ4n) is 1.74. The highest BCUT2D eigenvalue weighted by Gasteiger charge is 1.98. The second-order valence-corrected chi connectivity index (χ2v) is 5.12. The molecule has 0 bridgehead atoms. The zero-order chi connectivity index (χ0) is 13.0. The molecule has 94 valence electrons. The summed E-state index contributed by atoms with van der Waals surface area (Å²) in [5.41, 5.74) is 4.78. The van der Waals surface area contributed by atoms with Crippen LogP contribution in [0, 0.1) is 6.92 Å². The fourth-order valence-corrected chi connectivity index (χ4v) is 2.12. The maximum absolute atomic E-state index is 3.55. The molecule has 0 aromatic heterocycles. The smallest absolute Gasteiger partial charge is 0.0401 e. The molecule has 0 aliphatic carbocycles. The van der Waals surface area contributed by atoms with Crippen LogP contribution in [0.15, 0.2) is 46.9 Å². The summed E-state index contributed by atoms with van der Waals surface area (Å²) in [5.74, 6) is 0. The zero-order valence-electron chi connectivity index (χ0n) is 10.6. The molecule has 0 unspecified atom stereocenters. The Hall–Kier alpha value is -1.48. The van der Waals surface area contributed by atoms with Gasteiger partial charge >= 0.3 is 0 Å². The first kappa shape index (κ1) is 13.0. The topological polar surface area (TPSA) is 24.1 Å². The van der Waals surface area contributed by atoms with Crippen molar-refractivity contribution >= 4 is 27.3 Å². The van der Waals surface area contributed by atoms with Crippen molar-refractivity contribution in [3.05, 3.63) is 58.1 Å². The average Bonchev–Trinajstić information content (AvgIpc) is 2.40. The van der Waals surface area contributed by atoms with Crippen LogP contribution in [0.3, 0.4) is 0 Å². The van der Waals surface area contributed by atoms with Gasteiger partial charge in [0.2, 0.25) is 0 Å². The minimum absolute atomic E-state index is 0.824. The van der Waals surface area contributed by atoms with Gasteiger partial charge in [0.05, 0.1) is 0 Å². The normalized spacial score (nSPS) is 10.2. The van der Waals surface area contributed by atoms with Crippen molar-refractivity contribution in [1.29, 1.82) is 0 Å². The molecule has 0 aliphatic heterocycles. The Morgan fingerprint density at radius 1 is 1.06 bits per heavy atom. The van der Waals surface area contributed by atoms with Gasteiger partial charge in [0.1, 0.15) is 0 Å². The van der Waals surface area contributed by atoms with E-state index in [9.17, 15) is 0 Å². The number of benzene rings is 2. The monoisotopic (exact) mass is 304 g/mol. The number of rotatable bonds is 4. The van der Waals surface area contributed by atoms with E-state index in [4.69, 9.17) is 0 Å². The van der Waals surface area contributed by atoms with Crippen LogP contribution in [-0.2, 0) is 6.54 Å². The highest BCUT2D eigenvalue weighted by Crippen LogP contribution is 2.21. The molecule has 3 heteroatoms. The van der Waals surface area contributed by atoms with Crippen LogP contribution < -0.4 is 10.6 Å². The second kappa shape index (κ2) is 5.91. The lowest BCUT2D eigenvalue weighted by Gasteiger charge is -2.09. The number of aryl methyl sites for hydroxylation is 1. The molecule has 0 fully saturated rings. The predicted octanol–water partition coefficient (Wildman–Crippen LogP) is 4.41. The van der Waals surface area contributed by atoms with E-state index in [0.29, 0.717) is 0 Å². The molecular weight excluding hydrogens is 288 g/mol. The quantitative estimate of drug-likeness (QED) is 0.874. The van der Waals surface area contributed by atoms with Gasteiger partial charge in [-0.2, -0.15) is 0 Å². The molecule has 0 amide bonds. The Morgan fingerprint density at radius 2 is 1.89 bits per heavy atom. The van der Waals surface area contributed by atoms with Crippen LogP contribution in [0.25, 0.3) is 0 Å². The Labute approximate surface area is 117 Å². The molecule has 2 aromatic carbocycles. The van der Waals surface area contributed by atoms with Crippen LogP contribution in [0.4, 0.5) is 11.4 Å². The van der Waals surface area contributed by atoms with E-state index < -0.39 is 0 Å². The highest BCUT2D eigenvalue weighted by atomic mass is 79.9. The minimum atomic E-state index is 0.824. The van der Waals surface area contributed by atoms with E-state index in [1.165, 1.54) is 11.1 Å². The number of nitrogens with one attached hydrogen (secondary N) is 2. The van der Waals surface area contributed by atoms with Gasteiger partial charge in [0, 0.05) is 29.4 Å². The third kappa shape index (κ3) is 3.26. The fraction of sp³-hybridized carbons (Fsp3) is 0.200. The molecule has 2 nitrogen and oxygen atoms in total. The first-order valence-electron chi connectivity index (χ1n) is 5.96. The number of hydrogen-bond acceptors (Lipinski definition) is 2. The van der Waals surface area contributed by atoms with Gasteiger partial charge in [-0.1, -0.05) is 34.1 Å². The molecule has 0 saturated heterocycles. The first-order chi connectivity index (χ1) is 8.69. The van der Waals surface area contributed by atoms with Gasteiger partial charge < -0.3 is 10.6 Å². The summed E-state index contributed by atoms with van der Waals surface area (Å²) in [6.07, 6.45) is 0. The van der Waals surface area contributed by atoms with Crippen molar-refractivity contribution < 1.29 is 0 Å². The van der Waals surface area contributed by atoms with E-state index in [0.717, 1.165) is 22.4 Å². The van der Waals surface area contributed by atoms with E-state index in [-0.39, 0.29) is 0 Å². The molecule has 18 heavy (non-hydrogen) atoms. The standard InChI is InChI=1S/C15H17BrN2/c1-11-6-7-14(9-15(11)16)18-10-12-4-3-5-13(8-12)17-2/h3-9,17-18H,10H2,1-2H3. The van der Waals surface area contributed by atoms with Gasteiger partial charge in [-0.3, -0.25) is 0 Å². The molecule has 0 saturated carbocycles. The largest absolute Gasteiger partial charge is 0.388 e. The van der Waals surface area contributed by atoms with Gasteiger partial charge in [0.25, 0.3) is 0 Å². The van der Waals surface area contributed by atoms with Gasteiger partial charge in [-0.25, -0.2) is 0 Å². The Morgan fingerprint density at radius 3 is 2.61 bits per heavy atom. The Kier molecular flexibility index (Phi) is 4.26. The minimum Gasteiger partial charge on any atom is -0.388 e. The molecule has 0 aliphatic rings. The molecule has 0 radical (unpaired) electrons. The second-order valence-electron chi connectivity index (χ2n) is 4.27. The molecule has 2 aromatic rings. The van der Waals surface area contributed by atoms with Gasteiger partial charge in [-0.05, 0) is 42.3 Å². The van der Waals surface area contributed by atoms with Crippen molar-refractivity contribution in [3.63, 3.8) is 0 Å². The third-order valence-corrected chi connectivity index (χ3v) is 3.74. The van der Waals surface area contributed by atoms with E-state index in [1.807, 2.05) is 7.05 Å². The van der Waals surface area contributed by atoms with Crippen molar-refractivity contribution in [2.75, 3.05) is 17.7 Å². The summed E-state index contributed by atoms with van der Waals surface area (Å²) < 4.78 is 1.14. The molecule has 0 atom stereocenters. The van der Waals surface area contributed by atoms with Crippen LogP contribution in [-0.4, -0.2) is 7.05 Å². The summed E-state index contributed by atoms with van der Waals surface area (Å²) in [4.78, 5) is 0. The van der Waals surface area contributed by atoms with Crippen molar-refractivity contribution in [3.8, 4) is 0 Å². The van der Waals surface area contributed by atoms with Gasteiger partial charge in [0.15, 0.2) is 0 Å². The first-order valence-corrected chi connectivity index (χ1v) is 6.75. The predicted molar refractivity (Wildman–Crippen MR) is 82.2 cm³/mol. The number of anilines is 2. The SMILES string of the molecule is CNc1cccc(CNc2ccc(C)c(Br)c2)c1. The molecule has 2 rings (SSSR count). The summed E-state index contributed by atoms with van der Waals surface area (Å²) in [6.45, 7) is 2.91. The van der Waals surface area contributed by atoms with Crippen molar-refractivity contribution in [2.45, 2.75) is 13.5 Å². The van der Waals surface area contributed by atoms with Gasteiger partial charge in [-0.15, -0.1) is 0 Å². The Balaban J connectivity index is 2.04. The van der Waals surface area contributed by atoms with E-state index in [1.54, 1.807) is 0 Å². The lowest BCUT2D eigenvalue weighted by atomic mass is 10.2. The average molecular weight is 305 g/mol. The lowest BCUT2D eigenvalue weighted by Crippen LogP contribution is -2.00. The Bertz CT molecular complexity index is 538. The molecule has 0 heterocycles.